The van der Waals surface area contributed by atoms with Gasteiger partial charge in [0.2, 0.25) is 5.91 Å². The second-order valence-corrected chi connectivity index (χ2v) is 6.45. The Morgan fingerprint density at radius 1 is 1.19 bits per heavy atom. The van der Waals surface area contributed by atoms with Crippen LogP contribution in [-0.2, 0) is 4.79 Å². The lowest BCUT2D eigenvalue weighted by molar-refractivity contribution is -0.132. The molecule has 1 saturated heterocycles. The molecule has 1 aliphatic rings. The van der Waals surface area contributed by atoms with Gasteiger partial charge in [-0.3, -0.25) is 4.79 Å². The first-order chi connectivity index (χ1) is 12.6. The SMILES string of the molecule is COc1ccc([C@H](N)CC(=O)N2CCC(n3cnnc3)CC2)cc1OC. The molecule has 0 spiro atoms. The van der Waals surface area contributed by atoms with Gasteiger partial charge in [-0.05, 0) is 30.5 Å². The Morgan fingerprint density at radius 2 is 1.85 bits per heavy atom. The third-order valence-corrected chi connectivity index (χ3v) is 4.91. The molecule has 3 rings (SSSR count). The van der Waals surface area contributed by atoms with Crippen molar-refractivity contribution < 1.29 is 14.3 Å². The summed E-state index contributed by atoms with van der Waals surface area (Å²) in [6, 6.07) is 5.49. The summed E-state index contributed by atoms with van der Waals surface area (Å²) in [6.45, 7) is 1.45. The van der Waals surface area contributed by atoms with Crippen molar-refractivity contribution in [3.8, 4) is 11.5 Å². The van der Waals surface area contributed by atoms with Crippen LogP contribution in [0.15, 0.2) is 30.9 Å². The van der Waals surface area contributed by atoms with Crippen molar-refractivity contribution >= 4 is 5.91 Å². The molecule has 1 atom stereocenters. The number of aromatic nitrogens is 3. The van der Waals surface area contributed by atoms with Crippen LogP contribution in [0.2, 0.25) is 0 Å². The molecule has 1 amide bonds. The Labute approximate surface area is 152 Å². The molecule has 0 aliphatic carbocycles. The Balaban J connectivity index is 1.56. The molecule has 1 fully saturated rings. The summed E-state index contributed by atoms with van der Waals surface area (Å²) < 4.78 is 12.6. The zero-order valence-electron chi connectivity index (χ0n) is 15.2. The molecule has 140 valence electrons. The predicted octanol–water partition coefficient (Wildman–Crippen LogP) is 1.55. The molecule has 0 bridgehead atoms. The smallest absolute Gasteiger partial charge is 0.224 e. The first kappa shape index (κ1) is 18.2. The van der Waals surface area contributed by atoms with E-state index in [9.17, 15) is 4.79 Å². The largest absolute Gasteiger partial charge is 0.493 e. The summed E-state index contributed by atoms with van der Waals surface area (Å²) in [5, 5.41) is 7.70. The van der Waals surface area contributed by atoms with E-state index in [0.29, 0.717) is 17.5 Å². The van der Waals surface area contributed by atoms with E-state index < -0.39 is 0 Å². The van der Waals surface area contributed by atoms with Crippen molar-refractivity contribution in [2.75, 3.05) is 27.3 Å². The van der Waals surface area contributed by atoms with Gasteiger partial charge in [0.15, 0.2) is 11.5 Å². The van der Waals surface area contributed by atoms with Gasteiger partial charge in [-0.2, -0.15) is 0 Å². The number of hydrogen-bond acceptors (Lipinski definition) is 6. The molecule has 8 heteroatoms. The van der Waals surface area contributed by atoms with Gasteiger partial charge in [0, 0.05) is 31.6 Å². The van der Waals surface area contributed by atoms with Crippen LogP contribution in [0.25, 0.3) is 0 Å². The first-order valence-corrected chi connectivity index (χ1v) is 8.71. The normalized spacial score (nSPS) is 16.3. The molecule has 2 N–H and O–H groups in total. The van der Waals surface area contributed by atoms with E-state index in [1.807, 2.05) is 27.7 Å². The van der Waals surface area contributed by atoms with Crippen LogP contribution in [0.3, 0.4) is 0 Å². The number of rotatable bonds is 6. The lowest BCUT2D eigenvalue weighted by Gasteiger charge is -2.33. The number of nitrogens with two attached hydrogens (primary N) is 1. The fourth-order valence-electron chi connectivity index (χ4n) is 3.33. The summed E-state index contributed by atoms with van der Waals surface area (Å²) in [6.07, 6.45) is 5.53. The van der Waals surface area contributed by atoms with Crippen LogP contribution in [0.5, 0.6) is 11.5 Å². The minimum absolute atomic E-state index is 0.0782. The Bertz CT molecular complexity index is 726. The van der Waals surface area contributed by atoms with E-state index in [1.165, 1.54) is 0 Å². The number of methoxy groups -OCH3 is 2. The van der Waals surface area contributed by atoms with Crippen molar-refractivity contribution in [2.24, 2.45) is 5.73 Å². The fraction of sp³-hybridized carbons (Fsp3) is 0.500. The number of likely N-dealkylation sites (tertiary alicyclic amines) is 1. The van der Waals surface area contributed by atoms with Crippen LogP contribution in [-0.4, -0.2) is 52.9 Å². The Morgan fingerprint density at radius 3 is 2.46 bits per heavy atom. The number of carbonyl (C=O) groups excluding carboxylic acids is 1. The van der Waals surface area contributed by atoms with Crippen LogP contribution in [0.4, 0.5) is 0 Å². The van der Waals surface area contributed by atoms with Crippen molar-refractivity contribution in [2.45, 2.75) is 31.3 Å². The molecule has 1 aliphatic heterocycles. The van der Waals surface area contributed by atoms with Crippen LogP contribution in [0, 0.1) is 0 Å². The first-order valence-electron chi connectivity index (χ1n) is 8.71. The molecule has 0 unspecified atom stereocenters. The average Bonchev–Trinajstić information content (AvgIpc) is 3.22. The van der Waals surface area contributed by atoms with Gasteiger partial charge in [-0.15, -0.1) is 10.2 Å². The van der Waals surface area contributed by atoms with E-state index in [0.717, 1.165) is 31.5 Å². The maximum atomic E-state index is 12.6. The molecule has 0 radical (unpaired) electrons. The van der Waals surface area contributed by atoms with Crippen LogP contribution in [0.1, 0.15) is 36.9 Å². The molecule has 26 heavy (non-hydrogen) atoms. The quantitative estimate of drug-likeness (QED) is 0.841. The third-order valence-electron chi connectivity index (χ3n) is 4.91. The monoisotopic (exact) mass is 359 g/mol. The van der Waals surface area contributed by atoms with Gasteiger partial charge < -0.3 is 24.7 Å². The number of nitrogens with zero attached hydrogens (tertiary/aromatic N) is 4. The number of amides is 1. The standard InChI is InChI=1S/C18H25N5O3/c1-25-16-4-3-13(9-17(16)26-2)15(19)10-18(24)22-7-5-14(6-8-22)23-11-20-21-12-23/h3-4,9,11-12,14-15H,5-8,10,19H2,1-2H3/t15-/m1/s1. The zero-order valence-corrected chi connectivity index (χ0v) is 15.2. The maximum Gasteiger partial charge on any atom is 0.224 e. The second-order valence-electron chi connectivity index (χ2n) is 6.45. The van der Waals surface area contributed by atoms with Crippen molar-refractivity contribution in [1.29, 1.82) is 0 Å². The van der Waals surface area contributed by atoms with Crippen LogP contribution < -0.4 is 15.2 Å². The number of benzene rings is 1. The van der Waals surface area contributed by atoms with E-state index in [4.69, 9.17) is 15.2 Å². The van der Waals surface area contributed by atoms with Crippen molar-refractivity contribution in [3.05, 3.63) is 36.4 Å². The summed E-state index contributed by atoms with van der Waals surface area (Å²) in [4.78, 5) is 14.5. The number of piperidine rings is 1. The van der Waals surface area contributed by atoms with Crippen LogP contribution >= 0.6 is 0 Å². The lowest BCUT2D eigenvalue weighted by Crippen LogP contribution is -2.40. The van der Waals surface area contributed by atoms with Gasteiger partial charge >= 0.3 is 0 Å². The summed E-state index contributed by atoms with van der Waals surface area (Å²) in [7, 11) is 3.17. The van der Waals surface area contributed by atoms with E-state index >= 15 is 0 Å². The maximum absolute atomic E-state index is 12.6. The molecule has 2 heterocycles. The molecule has 1 aromatic carbocycles. The molecular formula is C18H25N5O3. The number of carbonyl (C=O) groups is 1. The number of ether oxygens (including phenoxy) is 2. The molecular weight excluding hydrogens is 334 g/mol. The second kappa shape index (κ2) is 8.18. The highest BCUT2D eigenvalue weighted by atomic mass is 16.5. The molecule has 2 aromatic rings. The Kier molecular flexibility index (Phi) is 5.72. The zero-order chi connectivity index (χ0) is 18.5. The highest BCUT2D eigenvalue weighted by molar-refractivity contribution is 5.77. The predicted molar refractivity (Wildman–Crippen MR) is 96.0 cm³/mol. The summed E-state index contributed by atoms with van der Waals surface area (Å²) in [5.41, 5.74) is 7.11. The highest BCUT2D eigenvalue weighted by Gasteiger charge is 2.25. The molecule has 0 saturated carbocycles. The average molecular weight is 359 g/mol. The van der Waals surface area contributed by atoms with Gasteiger partial charge in [0.1, 0.15) is 12.7 Å². The topological polar surface area (TPSA) is 95.5 Å². The van der Waals surface area contributed by atoms with Gasteiger partial charge in [0.05, 0.1) is 14.2 Å². The van der Waals surface area contributed by atoms with Crippen molar-refractivity contribution in [1.82, 2.24) is 19.7 Å². The summed E-state index contributed by atoms with van der Waals surface area (Å²) in [5.74, 6) is 1.34. The van der Waals surface area contributed by atoms with Crippen molar-refractivity contribution in [3.63, 3.8) is 0 Å². The Hall–Kier alpha value is -2.61. The lowest BCUT2D eigenvalue weighted by atomic mass is 10.0. The minimum atomic E-state index is -0.377. The van der Waals surface area contributed by atoms with Gasteiger partial charge in [0.25, 0.3) is 0 Å². The fourth-order valence-corrected chi connectivity index (χ4v) is 3.33. The van der Waals surface area contributed by atoms with Gasteiger partial charge in [-0.25, -0.2) is 0 Å². The highest BCUT2D eigenvalue weighted by Crippen LogP contribution is 2.30. The minimum Gasteiger partial charge on any atom is -0.493 e. The van der Waals surface area contributed by atoms with E-state index in [-0.39, 0.29) is 18.4 Å². The van der Waals surface area contributed by atoms with E-state index in [2.05, 4.69) is 10.2 Å². The molecule has 1 aromatic heterocycles. The molecule has 8 nitrogen and oxygen atoms in total. The third kappa shape index (κ3) is 3.96. The van der Waals surface area contributed by atoms with Gasteiger partial charge in [-0.1, -0.05) is 6.07 Å². The number of hydrogen-bond donors (Lipinski definition) is 1. The van der Waals surface area contributed by atoms with E-state index in [1.54, 1.807) is 26.9 Å². The summed E-state index contributed by atoms with van der Waals surface area (Å²) >= 11 is 0.